The number of fused-ring (bicyclic) bond motifs is 1. The molecule has 2 aromatic carbocycles. The average Bonchev–Trinajstić information content (AvgIpc) is 2.39. The molecule has 3 aromatic rings. The van der Waals surface area contributed by atoms with Crippen LogP contribution in [0.1, 0.15) is 0 Å². The Balaban J connectivity index is 2.31. The molecule has 0 saturated carbocycles. The van der Waals surface area contributed by atoms with Gasteiger partial charge in [-0.3, -0.25) is 4.79 Å². The summed E-state index contributed by atoms with van der Waals surface area (Å²) in [6.07, 6.45) is 0. The van der Waals surface area contributed by atoms with Crippen LogP contribution in [0, 0.1) is 0 Å². The monoisotopic (exact) mass is 299 g/mol. The summed E-state index contributed by atoms with van der Waals surface area (Å²) in [5.74, 6) is 0. The van der Waals surface area contributed by atoms with Gasteiger partial charge in [0.2, 0.25) is 5.56 Å². The lowest BCUT2D eigenvalue weighted by Gasteiger charge is -2.06. The first kappa shape index (κ1) is 11.2. The SMILES string of the molecule is O=c1ccc2cccc(-c3ccc(Br)cc3)c2[nH]1. The molecule has 0 aliphatic heterocycles. The second-order valence-corrected chi connectivity index (χ2v) is 5.01. The highest BCUT2D eigenvalue weighted by atomic mass is 79.9. The number of rotatable bonds is 1. The number of halogens is 1. The Labute approximate surface area is 112 Å². The van der Waals surface area contributed by atoms with E-state index in [9.17, 15) is 4.79 Å². The van der Waals surface area contributed by atoms with E-state index in [0.717, 1.165) is 26.5 Å². The maximum atomic E-state index is 11.5. The topological polar surface area (TPSA) is 32.9 Å². The van der Waals surface area contributed by atoms with Crippen molar-refractivity contribution in [1.29, 1.82) is 0 Å². The molecule has 18 heavy (non-hydrogen) atoms. The zero-order valence-corrected chi connectivity index (χ0v) is 11.1. The van der Waals surface area contributed by atoms with Crippen LogP contribution >= 0.6 is 15.9 Å². The van der Waals surface area contributed by atoms with Gasteiger partial charge in [0.1, 0.15) is 0 Å². The zero-order valence-electron chi connectivity index (χ0n) is 9.48. The Hall–Kier alpha value is -1.87. The van der Waals surface area contributed by atoms with Crippen molar-refractivity contribution >= 4 is 26.8 Å². The molecule has 0 fully saturated rings. The van der Waals surface area contributed by atoms with Crippen molar-refractivity contribution in [2.45, 2.75) is 0 Å². The second kappa shape index (κ2) is 4.42. The maximum absolute atomic E-state index is 11.5. The quantitative estimate of drug-likeness (QED) is 0.725. The number of para-hydroxylation sites is 1. The van der Waals surface area contributed by atoms with Crippen molar-refractivity contribution < 1.29 is 0 Å². The highest BCUT2D eigenvalue weighted by Crippen LogP contribution is 2.27. The number of aromatic nitrogens is 1. The fourth-order valence-electron chi connectivity index (χ4n) is 2.05. The van der Waals surface area contributed by atoms with E-state index in [0.29, 0.717) is 0 Å². The third kappa shape index (κ3) is 1.97. The average molecular weight is 300 g/mol. The molecule has 0 spiro atoms. The lowest BCUT2D eigenvalue weighted by atomic mass is 10.0. The second-order valence-electron chi connectivity index (χ2n) is 4.10. The summed E-state index contributed by atoms with van der Waals surface area (Å²) in [7, 11) is 0. The molecule has 3 heteroatoms. The van der Waals surface area contributed by atoms with E-state index in [2.05, 4.69) is 20.9 Å². The number of benzene rings is 2. The molecule has 2 nitrogen and oxygen atoms in total. The molecular weight excluding hydrogens is 290 g/mol. The first-order valence-corrected chi connectivity index (χ1v) is 6.41. The Kier molecular flexibility index (Phi) is 2.76. The molecule has 0 aliphatic carbocycles. The number of hydrogen-bond acceptors (Lipinski definition) is 1. The van der Waals surface area contributed by atoms with Gasteiger partial charge in [0.15, 0.2) is 0 Å². The lowest BCUT2D eigenvalue weighted by Crippen LogP contribution is -2.03. The summed E-state index contributed by atoms with van der Waals surface area (Å²) in [5.41, 5.74) is 2.93. The Morgan fingerprint density at radius 2 is 1.67 bits per heavy atom. The molecule has 0 atom stereocenters. The van der Waals surface area contributed by atoms with E-state index in [1.165, 1.54) is 0 Å². The van der Waals surface area contributed by atoms with Gasteiger partial charge in [-0.05, 0) is 29.1 Å². The van der Waals surface area contributed by atoms with Gasteiger partial charge >= 0.3 is 0 Å². The van der Waals surface area contributed by atoms with Gasteiger partial charge in [0.05, 0.1) is 5.52 Å². The van der Waals surface area contributed by atoms with Gasteiger partial charge in [0, 0.05) is 16.1 Å². The van der Waals surface area contributed by atoms with Crippen LogP contribution in [0.5, 0.6) is 0 Å². The van der Waals surface area contributed by atoms with Gasteiger partial charge in [-0.2, -0.15) is 0 Å². The van der Waals surface area contributed by atoms with E-state index in [1.807, 2.05) is 48.5 Å². The first-order chi connectivity index (χ1) is 8.74. The fourth-order valence-corrected chi connectivity index (χ4v) is 2.31. The van der Waals surface area contributed by atoms with Gasteiger partial charge in [-0.25, -0.2) is 0 Å². The van der Waals surface area contributed by atoms with Crippen molar-refractivity contribution in [3.8, 4) is 11.1 Å². The summed E-state index contributed by atoms with van der Waals surface area (Å²) in [4.78, 5) is 14.4. The first-order valence-electron chi connectivity index (χ1n) is 5.62. The van der Waals surface area contributed by atoms with Crippen molar-refractivity contribution in [2.75, 3.05) is 0 Å². The minimum atomic E-state index is -0.0768. The van der Waals surface area contributed by atoms with Crippen molar-refractivity contribution in [1.82, 2.24) is 4.98 Å². The van der Waals surface area contributed by atoms with E-state index >= 15 is 0 Å². The third-order valence-corrected chi connectivity index (χ3v) is 3.44. The standard InChI is InChI=1S/C15H10BrNO/c16-12-7-4-10(5-8-12)13-3-1-2-11-6-9-14(18)17-15(11)13/h1-9H,(H,17,18). The molecule has 0 bridgehead atoms. The Morgan fingerprint density at radius 1 is 0.889 bits per heavy atom. The van der Waals surface area contributed by atoms with Crippen LogP contribution in [-0.4, -0.2) is 4.98 Å². The summed E-state index contributed by atoms with van der Waals surface area (Å²) in [6.45, 7) is 0. The van der Waals surface area contributed by atoms with Crippen LogP contribution < -0.4 is 5.56 Å². The van der Waals surface area contributed by atoms with E-state index < -0.39 is 0 Å². The highest BCUT2D eigenvalue weighted by Gasteiger charge is 2.04. The molecule has 0 aliphatic rings. The van der Waals surface area contributed by atoms with Crippen LogP contribution in [0.25, 0.3) is 22.0 Å². The van der Waals surface area contributed by atoms with Gasteiger partial charge in [0.25, 0.3) is 0 Å². The Morgan fingerprint density at radius 3 is 2.44 bits per heavy atom. The fraction of sp³-hybridized carbons (Fsp3) is 0. The number of pyridine rings is 1. The maximum Gasteiger partial charge on any atom is 0.248 e. The molecule has 0 amide bonds. The zero-order chi connectivity index (χ0) is 12.5. The summed E-state index contributed by atoms with van der Waals surface area (Å²) in [6, 6.07) is 17.5. The molecule has 88 valence electrons. The van der Waals surface area contributed by atoms with Crippen molar-refractivity contribution in [2.24, 2.45) is 0 Å². The third-order valence-electron chi connectivity index (χ3n) is 2.91. The lowest BCUT2D eigenvalue weighted by molar-refractivity contribution is 1.31. The van der Waals surface area contributed by atoms with Crippen molar-refractivity contribution in [3.63, 3.8) is 0 Å². The summed E-state index contributed by atoms with van der Waals surface area (Å²) in [5, 5.41) is 1.04. The predicted molar refractivity (Wildman–Crippen MR) is 77.7 cm³/mol. The van der Waals surface area contributed by atoms with Crippen LogP contribution in [0.3, 0.4) is 0 Å². The predicted octanol–water partition coefficient (Wildman–Crippen LogP) is 3.96. The van der Waals surface area contributed by atoms with Gasteiger partial charge in [-0.15, -0.1) is 0 Å². The summed E-state index contributed by atoms with van der Waals surface area (Å²) < 4.78 is 1.04. The molecule has 0 saturated heterocycles. The molecular formula is C15H10BrNO. The minimum absolute atomic E-state index is 0.0768. The molecule has 1 aromatic heterocycles. The van der Waals surface area contributed by atoms with Crippen LogP contribution in [-0.2, 0) is 0 Å². The van der Waals surface area contributed by atoms with Gasteiger partial charge < -0.3 is 4.98 Å². The highest BCUT2D eigenvalue weighted by molar-refractivity contribution is 9.10. The number of aromatic amines is 1. The normalized spacial score (nSPS) is 10.7. The molecule has 3 rings (SSSR count). The Bertz CT molecular complexity index is 759. The van der Waals surface area contributed by atoms with Crippen LogP contribution in [0.4, 0.5) is 0 Å². The smallest absolute Gasteiger partial charge is 0.248 e. The van der Waals surface area contributed by atoms with Crippen molar-refractivity contribution in [3.05, 3.63) is 69.4 Å². The van der Waals surface area contributed by atoms with E-state index in [1.54, 1.807) is 6.07 Å². The molecule has 1 N–H and O–H groups in total. The summed E-state index contributed by atoms with van der Waals surface area (Å²) >= 11 is 3.42. The van der Waals surface area contributed by atoms with Crippen LogP contribution in [0.2, 0.25) is 0 Å². The van der Waals surface area contributed by atoms with E-state index in [-0.39, 0.29) is 5.56 Å². The van der Waals surface area contributed by atoms with Gasteiger partial charge in [-0.1, -0.05) is 46.3 Å². The number of nitrogens with one attached hydrogen (secondary N) is 1. The molecule has 0 radical (unpaired) electrons. The number of hydrogen-bond donors (Lipinski definition) is 1. The largest absolute Gasteiger partial charge is 0.321 e. The molecule has 1 heterocycles. The number of H-pyrrole nitrogens is 1. The van der Waals surface area contributed by atoms with Crippen LogP contribution in [0.15, 0.2) is 63.9 Å². The minimum Gasteiger partial charge on any atom is -0.321 e. The van der Waals surface area contributed by atoms with E-state index in [4.69, 9.17) is 0 Å². The molecule has 0 unspecified atom stereocenters.